The van der Waals surface area contributed by atoms with Gasteiger partial charge in [0.1, 0.15) is 11.4 Å². The fourth-order valence-electron chi connectivity index (χ4n) is 2.78. The Morgan fingerprint density at radius 2 is 1.96 bits per heavy atom. The van der Waals surface area contributed by atoms with Crippen molar-refractivity contribution in [2.24, 2.45) is 0 Å². The third kappa shape index (κ3) is 5.20. The average molecular weight is 421 g/mol. The first-order chi connectivity index (χ1) is 13.4. The molecule has 0 bridgehead atoms. The third-order valence-corrected chi connectivity index (χ3v) is 6.83. The molecule has 2 amide bonds. The number of rotatable bonds is 6. The highest BCUT2D eigenvalue weighted by Gasteiger charge is 2.30. The molecule has 0 aliphatic carbocycles. The normalized spacial score (nSPS) is 18.5. The van der Waals surface area contributed by atoms with Crippen LogP contribution in [0.2, 0.25) is 0 Å². The topological polar surface area (TPSA) is 102 Å². The molecule has 1 aromatic heterocycles. The van der Waals surface area contributed by atoms with Gasteiger partial charge in [0.15, 0.2) is 9.84 Å². The van der Waals surface area contributed by atoms with Gasteiger partial charge in [0, 0.05) is 16.5 Å². The van der Waals surface area contributed by atoms with Gasteiger partial charge in [-0.1, -0.05) is 6.07 Å². The first-order valence-corrected chi connectivity index (χ1v) is 11.3. The second kappa shape index (κ2) is 8.57. The van der Waals surface area contributed by atoms with Gasteiger partial charge < -0.3 is 15.4 Å². The lowest BCUT2D eigenvalue weighted by molar-refractivity contribution is -0.118. The number of carbonyl (C=O) groups excluding carboxylic acids is 2. The highest BCUT2D eigenvalue weighted by Crippen LogP contribution is 2.16. The molecule has 2 N–H and O–H groups in total. The van der Waals surface area contributed by atoms with Gasteiger partial charge in [0.05, 0.1) is 18.6 Å². The largest absolute Gasteiger partial charge is 0.497 e. The molecule has 0 spiro atoms. The number of hydrogen-bond acceptors (Lipinski definition) is 6. The Morgan fingerprint density at radius 1 is 1.21 bits per heavy atom. The van der Waals surface area contributed by atoms with Crippen LogP contribution in [0.4, 0.5) is 0 Å². The van der Waals surface area contributed by atoms with Gasteiger partial charge >= 0.3 is 0 Å². The van der Waals surface area contributed by atoms with Crippen LogP contribution in [0.15, 0.2) is 47.5 Å². The van der Waals surface area contributed by atoms with Gasteiger partial charge in [-0.25, -0.2) is 8.42 Å². The molecule has 2 aromatic rings. The zero-order valence-corrected chi connectivity index (χ0v) is 16.8. The second-order valence-corrected chi connectivity index (χ2v) is 9.54. The van der Waals surface area contributed by atoms with Crippen molar-refractivity contribution in [3.8, 4) is 5.75 Å². The van der Waals surface area contributed by atoms with Crippen molar-refractivity contribution in [3.05, 3.63) is 57.9 Å². The van der Waals surface area contributed by atoms with E-state index in [1.807, 2.05) is 17.5 Å². The summed E-state index contributed by atoms with van der Waals surface area (Å²) in [5.41, 5.74) is 0.432. The molecule has 1 fully saturated rings. The summed E-state index contributed by atoms with van der Waals surface area (Å²) in [6.07, 6.45) is 1.94. The van der Waals surface area contributed by atoms with Gasteiger partial charge in [-0.15, -0.1) is 11.3 Å². The van der Waals surface area contributed by atoms with Crippen LogP contribution >= 0.6 is 11.3 Å². The van der Waals surface area contributed by atoms with Crippen LogP contribution in [0, 0.1) is 0 Å². The minimum atomic E-state index is -3.12. The third-order valence-electron chi connectivity index (χ3n) is 4.24. The summed E-state index contributed by atoms with van der Waals surface area (Å²) in [5.74, 6) is -0.375. The van der Waals surface area contributed by atoms with Gasteiger partial charge in [-0.2, -0.15) is 0 Å². The van der Waals surface area contributed by atoms with Crippen molar-refractivity contribution in [2.45, 2.75) is 12.5 Å². The molecule has 1 aliphatic rings. The summed E-state index contributed by atoms with van der Waals surface area (Å²) >= 11 is 1.42. The number of amides is 2. The van der Waals surface area contributed by atoms with E-state index in [9.17, 15) is 18.0 Å². The van der Waals surface area contributed by atoms with Crippen LogP contribution in [0.5, 0.6) is 5.75 Å². The fraction of sp³-hybridized carbons (Fsp3) is 0.263. The molecule has 1 unspecified atom stereocenters. The molecule has 28 heavy (non-hydrogen) atoms. The summed E-state index contributed by atoms with van der Waals surface area (Å²) in [7, 11) is -1.59. The standard InChI is InChI=1S/C19H20N2O5S2/c1-26-15-6-4-13(5-7-15)18(22)21-17(11-16-3-2-9-27-16)19(23)20-14-8-10-28(24,25)12-14/h2-7,9,11,14H,8,10,12H2,1H3,(H,20,23)(H,21,22). The molecule has 1 aliphatic heterocycles. The number of methoxy groups -OCH3 is 1. The molecular formula is C19H20N2O5S2. The predicted molar refractivity (Wildman–Crippen MR) is 108 cm³/mol. The number of nitrogens with one attached hydrogen (secondary N) is 2. The van der Waals surface area contributed by atoms with Crippen molar-refractivity contribution in [2.75, 3.05) is 18.6 Å². The van der Waals surface area contributed by atoms with E-state index in [1.165, 1.54) is 18.4 Å². The molecule has 1 atom stereocenters. The summed E-state index contributed by atoms with van der Waals surface area (Å²) in [5, 5.41) is 7.19. The van der Waals surface area contributed by atoms with Crippen molar-refractivity contribution >= 4 is 39.1 Å². The maximum Gasteiger partial charge on any atom is 0.268 e. The average Bonchev–Trinajstić information content (AvgIpc) is 3.30. The Bertz CT molecular complexity index is 980. The molecule has 1 aromatic carbocycles. The van der Waals surface area contributed by atoms with Crippen molar-refractivity contribution in [1.82, 2.24) is 10.6 Å². The van der Waals surface area contributed by atoms with E-state index in [0.29, 0.717) is 17.7 Å². The van der Waals surface area contributed by atoms with Crippen LogP contribution < -0.4 is 15.4 Å². The van der Waals surface area contributed by atoms with Crippen LogP contribution in [-0.2, 0) is 14.6 Å². The lowest BCUT2D eigenvalue weighted by Gasteiger charge is -2.14. The van der Waals surface area contributed by atoms with Crippen LogP contribution in [0.1, 0.15) is 21.7 Å². The summed E-state index contributed by atoms with van der Waals surface area (Å²) in [4.78, 5) is 26.1. The number of ether oxygens (including phenoxy) is 1. The van der Waals surface area contributed by atoms with E-state index < -0.39 is 27.7 Å². The number of sulfone groups is 1. The first-order valence-electron chi connectivity index (χ1n) is 8.58. The molecule has 0 saturated carbocycles. The molecule has 1 saturated heterocycles. The molecule has 3 rings (SSSR count). The van der Waals surface area contributed by atoms with Gasteiger partial charge in [0.2, 0.25) is 0 Å². The van der Waals surface area contributed by atoms with E-state index in [1.54, 1.807) is 30.3 Å². The Balaban J connectivity index is 1.77. The number of carbonyl (C=O) groups is 2. The number of hydrogen-bond donors (Lipinski definition) is 2. The molecule has 9 heteroatoms. The maximum absolute atomic E-state index is 12.7. The smallest absolute Gasteiger partial charge is 0.268 e. The Hall–Kier alpha value is -2.65. The highest BCUT2D eigenvalue weighted by molar-refractivity contribution is 7.91. The second-order valence-electron chi connectivity index (χ2n) is 6.33. The lowest BCUT2D eigenvalue weighted by atomic mass is 10.2. The minimum absolute atomic E-state index is 0.0557. The molecule has 7 nitrogen and oxygen atoms in total. The monoisotopic (exact) mass is 420 g/mol. The summed E-state index contributed by atoms with van der Waals surface area (Å²) in [6, 6.07) is 9.69. The fourth-order valence-corrected chi connectivity index (χ4v) is 5.11. The SMILES string of the molecule is COc1ccc(C(=O)NC(=Cc2cccs2)C(=O)NC2CCS(=O)(=O)C2)cc1. The lowest BCUT2D eigenvalue weighted by Crippen LogP contribution is -2.41. The molecule has 0 radical (unpaired) electrons. The molecule has 148 valence electrons. The maximum atomic E-state index is 12.7. The first kappa shape index (κ1) is 20.1. The van der Waals surface area contributed by atoms with E-state index in [0.717, 1.165) is 4.88 Å². The van der Waals surface area contributed by atoms with Gasteiger partial charge in [0.25, 0.3) is 11.8 Å². The van der Waals surface area contributed by atoms with E-state index in [4.69, 9.17) is 4.74 Å². The Labute approximate surface area is 167 Å². The zero-order valence-electron chi connectivity index (χ0n) is 15.2. The van der Waals surface area contributed by atoms with Crippen molar-refractivity contribution in [1.29, 1.82) is 0 Å². The van der Waals surface area contributed by atoms with Crippen LogP contribution in [0.25, 0.3) is 6.08 Å². The Kier molecular flexibility index (Phi) is 6.15. The number of thiophene rings is 1. The zero-order chi connectivity index (χ0) is 20.1. The summed E-state index contributed by atoms with van der Waals surface area (Å²) in [6.45, 7) is 0. The van der Waals surface area contributed by atoms with E-state index >= 15 is 0 Å². The van der Waals surface area contributed by atoms with Gasteiger partial charge in [-0.3, -0.25) is 9.59 Å². The quantitative estimate of drug-likeness (QED) is 0.695. The predicted octanol–water partition coefficient (Wildman–Crippen LogP) is 1.83. The number of benzene rings is 1. The van der Waals surface area contributed by atoms with Gasteiger partial charge in [-0.05, 0) is 48.2 Å². The molecular weight excluding hydrogens is 400 g/mol. The van der Waals surface area contributed by atoms with Crippen molar-refractivity contribution in [3.63, 3.8) is 0 Å². The van der Waals surface area contributed by atoms with Crippen LogP contribution in [-0.4, -0.2) is 44.9 Å². The highest BCUT2D eigenvalue weighted by atomic mass is 32.2. The minimum Gasteiger partial charge on any atom is -0.497 e. The van der Waals surface area contributed by atoms with E-state index in [2.05, 4.69) is 10.6 Å². The van der Waals surface area contributed by atoms with Crippen LogP contribution in [0.3, 0.4) is 0 Å². The van der Waals surface area contributed by atoms with Crippen molar-refractivity contribution < 1.29 is 22.7 Å². The Morgan fingerprint density at radius 3 is 2.54 bits per heavy atom. The molecule has 2 heterocycles. The summed E-state index contributed by atoms with van der Waals surface area (Å²) < 4.78 is 28.3. The van der Waals surface area contributed by atoms with E-state index in [-0.39, 0.29) is 17.2 Å².